The largest absolute Gasteiger partial charge is 0.356 e. The van der Waals surface area contributed by atoms with Gasteiger partial charge in [0, 0.05) is 30.4 Å². The zero-order chi connectivity index (χ0) is 14.4. The third-order valence-corrected chi connectivity index (χ3v) is 4.89. The molecule has 1 amide bonds. The van der Waals surface area contributed by atoms with E-state index in [9.17, 15) is 4.79 Å². The number of hydrogen-bond acceptors (Lipinski definition) is 4. The molecular formula is C15H27Cl2N3OS. The van der Waals surface area contributed by atoms with Crippen LogP contribution in [0.2, 0.25) is 0 Å². The van der Waals surface area contributed by atoms with Crippen LogP contribution in [0.3, 0.4) is 0 Å². The Morgan fingerprint density at radius 3 is 2.68 bits per heavy atom. The molecule has 2 rings (SSSR count). The summed E-state index contributed by atoms with van der Waals surface area (Å²) < 4.78 is 0. The van der Waals surface area contributed by atoms with Gasteiger partial charge < -0.3 is 11.1 Å². The standard InChI is InChI=1S/C15H25N3OS.2ClH/c1-12(9-16)15(19)17-10-13-4-6-18(7-5-13)11-14-3-2-8-20-14;;/h2-3,8,12-13H,4-7,9-11,16H2,1H3,(H,17,19);2*1H. The van der Waals surface area contributed by atoms with Crippen LogP contribution in [-0.2, 0) is 11.3 Å². The topological polar surface area (TPSA) is 58.4 Å². The van der Waals surface area contributed by atoms with Gasteiger partial charge in [0.05, 0.1) is 0 Å². The SMILES string of the molecule is CC(CN)C(=O)NCC1CCN(Cc2cccs2)CC1.Cl.Cl. The maximum atomic E-state index is 11.7. The predicted molar refractivity (Wildman–Crippen MR) is 98.0 cm³/mol. The first-order valence-corrected chi connectivity index (χ1v) is 8.29. The van der Waals surface area contributed by atoms with Crippen molar-refractivity contribution in [2.75, 3.05) is 26.2 Å². The fourth-order valence-electron chi connectivity index (χ4n) is 2.50. The van der Waals surface area contributed by atoms with E-state index in [4.69, 9.17) is 5.73 Å². The maximum Gasteiger partial charge on any atom is 0.224 e. The second-order valence-corrected chi connectivity index (χ2v) is 6.71. The molecule has 0 spiro atoms. The number of carbonyl (C=O) groups excluding carboxylic acids is 1. The van der Waals surface area contributed by atoms with Gasteiger partial charge in [0.25, 0.3) is 0 Å². The molecular weight excluding hydrogens is 341 g/mol. The van der Waals surface area contributed by atoms with Crippen LogP contribution in [0.1, 0.15) is 24.6 Å². The molecule has 2 heterocycles. The number of nitrogens with zero attached hydrogens (tertiary/aromatic N) is 1. The summed E-state index contributed by atoms with van der Waals surface area (Å²) in [5.74, 6) is 0.631. The third kappa shape index (κ3) is 6.84. The fraction of sp³-hybridized carbons (Fsp3) is 0.667. The minimum absolute atomic E-state index is 0. The van der Waals surface area contributed by atoms with Crippen LogP contribution >= 0.6 is 36.2 Å². The second-order valence-electron chi connectivity index (χ2n) is 5.68. The molecule has 1 aliphatic rings. The van der Waals surface area contributed by atoms with Crippen molar-refractivity contribution in [3.05, 3.63) is 22.4 Å². The van der Waals surface area contributed by atoms with Crippen LogP contribution in [0.4, 0.5) is 0 Å². The Labute approximate surface area is 149 Å². The molecule has 0 aliphatic carbocycles. The highest BCUT2D eigenvalue weighted by Crippen LogP contribution is 2.20. The molecule has 1 aromatic heterocycles. The van der Waals surface area contributed by atoms with E-state index in [0.29, 0.717) is 12.5 Å². The van der Waals surface area contributed by atoms with Gasteiger partial charge in [-0.15, -0.1) is 36.2 Å². The summed E-state index contributed by atoms with van der Waals surface area (Å²) in [6.07, 6.45) is 2.34. The average Bonchev–Trinajstić information content (AvgIpc) is 2.98. The van der Waals surface area contributed by atoms with Crippen molar-refractivity contribution in [2.24, 2.45) is 17.6 Å². The highest BCUT2D eigenvalue weighted by Gasteiger charge is 2.20. The first-order valence-electron chi connectivity index (χ1n) is 7.41. The van der Waals surface area contributed by atoms with Crippen molar-refractivity contribution >= 4 is 42.1 Å². The van der Waals surface area contributed by atoms with Crippen LogP contribution in [-0.4, -0.2) is 37.0 Å². The summed E-state index contributed by atoms with van der Waals surface area (Å²) in [6, 6.07) is 4.31. The Bertz CT molecular complexity index is 409. The molecule has 0 aromatic carbocycles. The summed E-state index contributed by atoms with van der Waals surface area (Å²) in [4.78, 5) is 15.6. The smallest absolute Gasteiger partial charge is 0.224 e. The van der Waals surface area contributed by atoms with Gasteiger partial charge in [0.2, 0.25) is 5.91 Å². The molecule has 1 fully saturated rings. The molecule has 22 heavy (non-hydrogen) atoms. The number of piperidine rings is 1. The lowest BCUT2D eigenvalue weighted by molar-refractivity contribution is -0.124. The molecule has 0 bridgehead atoms. The van der Waals surface area contributed by atoms with E-state index < -0.39 is 0 Å². The normalized spacial score (nSPS) is 17.2. The lowest BCUT2D eigenvalue weighted by Crippen LogP contribution is -2.40. The first kappa shape index (κ1) is 21.7. The van der Waals surface area contributed by atoms with Crippen molar-refractivity contribution in [2.45, 2.75) is 26.3 Å². The number of nitrogens with one attached hydrogen (secondary N) is 1. The van der Waals surface area contributed by atoms with E-state index in [-0.39, 0.29) is 36.6 Å². The number of hydrogen-bond donors (Lipinski definition) is 2. The van der Waals surface area contributed by atoms with Gasteiger partial charge in [-0.05, 0) is 43.3 Å². The zero-order valence-electron chi connectivity index (χ0n) is 13.0. The number of likely N-dealkylation sites (tertiary alicyclic amines) is 1. The monoisotopic (exact) mass is 367 g/mol. The minimum Gasteiger partial charge on any atom is -0.356 e. The van der Waals surface area contributed by atoms with Crippen LogP contribution in [0.15, 0.2) is 17.5 Å². The summed E-state index contributed by atoms with van der Waals surface area (Å²) in [5, 5.41) is 5.16. The van der Waals surface area contributed by atoms with E-state index >= 15 is 0 Å². The van der Waals surface area contributed by atoms with Crippen LogP contribution in [0, 0.1) is 11.8 Å². The Morgan fingerprint density at radius 2 is 2.14 bits per heavy atom. The Hall–Kier alpha value is -0.330. The van der Waals surface area contributed by atoms with Gasteiger partial charge >= 0.3 is 0 Å². The fourth-order valence-corrected chi connectivity index (χ4v) is 3.24. The van der Waals surface area contributed by atoms with Gasteiger partial charge in [-0.1, -0.05) is 13.0 Å². The van der Waals surface area contributed by atoms with Crippen molar-refractivity contribution in [1.82, 2.24) is 10.2 Å². The molecule has 128 valence electrons. The van der Waals surface area contributed by atoms with E-state index in [1.165, 1.54) is 17.7 Å². The summed E-state index contributed by atoms with van der Waals surface area (Å²) in [7, 11) is 0. The molecule has 0 radical (unpaired) electrons. The van der Waals surface area contributed by atoms with Gasteiger partial charge in [-0.3, -0.25) is 9.69 Å². The highest BCUT2D eigenvalue weighted by atomic mass is 35.5. The summed E-state index contributed by atoms with van der Waals surface area (Å²) >= 11 is 1.83. The average molecular weight is 368 g/mol. The highest BCUT2D eigenvalue weighted by molar-refractivity contribution is 7.09. The number of nitrogens with two attached hydrogens (primary N) is 1. The van der Waals surface area contributed by atoms with E-state index in [1.807, 2.05) is 18.3 Å². The lowest BCUT2D eigenvalue weighted by Gasteiger charge is -2.31. The van der Waals surface area contributed by atoms with Crippen molar-refractivity contribution in [1.29, 1.82) is 0 Å². The van der Waals surface area contributed by atoms with E-state index in [0.717, 1.165) is 26.2 Å². The Morgan fingerprint density at radius 1 is 1.45 bits per heavy atom. The molecule has 3 N–H and O–H groups in total. The van der Waals surface area contributed by atoms with E-state index in [2.05, 4.69) is 27.7 Å². The maximum absolute atomic E-state index is 11.7. The molecule has 1 aromatic rings. The Balaban J connectivity index is 0.00000220. The predicted octanol–water partition coefficient (Wildman–Crippen LogP) is 2.51. The number of halogens is 2. The summed E-state index contributed by atoms with van der Waals surface area (Å²) in [6.45, 7) is 6.43. The van der Waals surface area contributed by atoms with Gasteiger partial charge in [-0.2, -0.15) is 0 Å². The first-order chi connectivity index (χ1) is 9.69. The van der Waals surface area contributed by atoms with Crippen molar-refractivity contribution < 1.29 is 4.79 Å². The molecule has 1 atom stereocenters. The van der Waals surface area contributed by atoms with Gasteiger partial charge in [-0.25, -0.2) is 0 Å². The molecule has 1 unspecified atom stereocenters. The van der Waals surface area contributed by atoms with Crippen molar-refractivity contribution in [3.63, 3.8) is 0 Å². The van der Waals surface area contributed by atoms with Gasteiger partial charge in [0.1, 0.15) is 0 Å². The van der Waals surface area contributed by atoms with Crippen LogP contribution < -0.4 is 11.1 Å². The van der Waals surface area contributed by atoms with Crippen molar-refractivity contribution in [3.8, 4) is 0 Å². The van der Waals surface area contributed by atoms with Crippen LogP contribution in [0.25, 0.3) is 0 Å². The minimum atomic E-state index is -0.0751. The Kier molecular flexibility index (Phi) is 11.1. The van der Waals surface area contributed by atoms with E-state index in [1.54, 1.807) is 0 Å². The number of rotatable bonds is 6. The number of amides is 1. The lowest BCUT2D eigenvalue weighted by atomic mass is 9.96. The number of carbonyl (C=O) groups is 1. The number of thiophene rings is 1. The van der Waals surface area contributed by atoms with Gasteiger partial charge in [0.15, 0.2) is 0 Å². The van der Waals surface area contributed by atoms with Crippen LogP contribution in [0.5, 0.6) is 0 Å². The quantitative estimate of drug-likeness (QED) is 0.811. The second kappa shape index (κ2) is 11.2. The summed E-state index contributed by atoms with van der Waals surface area (Å²) in [5.41, 5.74) is 5.50. The molecule has 1 saturated heterocycles. The zero-order valence-corrected chi connectivity index (χ0v) is 15.4. The molecule has 7 heteroatoms. The molecule has 1 aliphatic heterocycles. The molecule has 0 saturated carbocycles. The third-order valence-electron chi connectivity index (χ3n) is 4.03. The molecule has 4 nitrogen and oxygen atoms in total.